The smallest absolute Gasteiger partial charge is 0.157 e. The molecule has 3 N–H and O–H groups in total. The zero-order valence-corrected chi connectivity index (χ0v) is 20.1. The molecule has 4 rings (SSSR count). The number of aldehydes is 1. The number of phenolic OH excluding ortho intramolecular Hbond substituents is 1. The fourth-order valence-corrected chi connectivity index (χ4v) is 3.64. The third-order valence-corrected chi connectivity index (χ3v) is 5.43. The number of aliphatic hydroxyl groups is 1. The second-order valence-corrected chi connectivity index (χ2v) is 8.92. The van der Waals surface area contributed by atoms with Gasteiger partial charge in [-0.3, -0.25) is 4.79 Å². The summed E-state index contributed by atoms with van der Waals surface area (Å²) in [5.74, 6) is 1.70. The van der Waals surface area contributed by atoms with E-state index in [1.165, 1.54) is 14.2 Å². The van der Waals surface area contributed by atoms with Crippen LogP contribution in [0.1, 0.15) is 54.7 Å². The maximum Gasteiger partial charge on any atom is 0.157 e. The zero-order chi connectivity index (χ0) is 25.3. The van der Waals surface area contributed by atoms with Gasteiger partial charge < -0.3 is 34.3 Å². The first-order chi connectivity index (χ1) is 16.0. The predicted octanol–water partition coefficient (Wildman–Crippen LogP) is 4.47. The van der Waals surface area contributed by atoms with Gasteiger partial charge in [0.1, 0.15) is 45.7 Å². The molecule has 0 saturated heterocycles. The van der Waals surface area contributed by atoms with E-state index in [9.17, 15) is 20.1 Å². The van der Waals surface area contributed by atoms with Crippen LogP contribution in [0.25, 0.3) is 12.2 Å². The summed E-state index contributed by atoms with van der Waals surface area (Å²) in [7, 11) is 2.93. The number of carbonyl (C=O) groups excluding carboxylic acids is 1. The Bertz CT molecular complexity index is 1160. The molecule has 2 aromatic carbocycles. The van der Waals surface area contributed by atoms with E-state index in [1.807, 2.05) is 39.8 Å². The second kappa shape index (κ2) is 9.30. The molecule has 0 bridgehead atoms. The monoisotopic (exact) mass is 470 g/mol. The van der Waals surface area contributed by atoms with E-state index in [-0.39, 0.29) is 23.7 Å². The highest BCUT2D eigenvalue weighted by molar-refractivity contribution is 5.88. The Kier molecular flexibility index (Phi) is 6.84. The minimum absolute atomic E-state index is 0.00796. The van der Waals surface area contributed by atoms with Gasteiger partial charge in [0.05, 0.1) is 43.1 Å². The number of rotatable bonds is 4. The summed E-state index contributed by atoms with van der Waals surface area (Å²) < 4.78 is 21.6. The molecule has 2 heterocycles. The summed E-state index contributed by atoms with van der Waals surface area (Å²) in [6.45, 7) is 7.39. The van der Waals surface area contributed by atoms with Gasteiger partial charge in [0, 0.05) is 12.1 Å². The van der Waals surface area contributed by atoms with Crippen LogP contribution >= 0.6 is 0 Å². The van der Waals surface area contributed by atoms with Crippen LogP contribution in [0.5, 0.6) is 34.5 Å². The molecule has 0 aliphatic carbocycles. The number of benzene rings is 2. The molecule has 0 unspecified atom stereocenters. The summed E-state index contributed by atoms with van der Waals surface area (Å²) in [4.78, 5) is 10.9. The average molecular weight is 471 g/mol. The van der Waals surface area contributed by atoms with Crippen LogP contribution in [0.3, 0.4) is 0 Å². The van der Waals surface area contributed by atoms with Gasteiger partial charge in [0.15, 0.2) is 6.29 Å². The van der Waals surface area contributed by atoms with E-state index in [0.717, 1.165) is 0 Å². The molecule has 0 fully saturated rings. The maximum absolute atomic E-state index is 10.9. The van der Waals surface area contributed by atoms with Gasteiger partial charge >= 0.3 is 0 Å². The predicted molar refractivity (Wildman–Crippen MR) is 128 cm³/mol. The van der Waals surface area contributed by atoms with Gasteiger partial charge in [0.2, 0.25) is 0 Å². The Labute approximate surface area is 198 Å². The molecule has 0 atom stereocenters. The third-order valence-electron chi connectivity index (χ3n) is 5.43. The van der Waals surface area contributed by atoms with Crippen LogP contribution < -0.4 is 18.9 Å². The Balaban J connectivity index is 0.000000191. The first-order valence-corrected chi connectivity index (χ1v) is 10.7. The number of carbonyl (C=O) groups is 1. The Hall–Kier alpha value is -3.65. The summed E-state index contributed by atoms with van der Waals surface area (Å²) in [6, 6.07) is 3.30. The van der Waals surface area contributed by atoms with Gasteiger partial charge in [0.25, 0.3) is 0 Å². The van der Waals surface area contributed by atoms with E-state index in [0.29, 0.717) is 46.0 Å². The second-order valence-electron chi connectivity index (χ2n) is 8.92. The minimum Gasteiger partial charge on any atom is -0.507 e. The summed E-state index contributed by atoms with van der Waals surface area (Å²) >= 11 is 0. The molecule has 8 heteroatoms. The van der Waals surface area contributed by atoms with Crippen LogP contribution in [0.15, 0.2) is 24.3 Å². The van der Waals surface area contributed by atoms with Gasteiger partial charge in [-0.25, -0.2) is 0 Å². The normalized spacial score (nSPS) is 16.1. The quantitative estimate of drug-likeness (QED) is 0.561. The molecule has 2 aliphatic heterocycles. The molecule has 8 nitrogen and oxygen atoms in total. The highest BCUT2D eigenvalue weighted by atomic mass is 16.5. The van der Waals surface area contributed by atoms with Gasteiger partial charge in [-0.05, 0) is 52.0 Å². The molecule has 2 aromatic rings. The van der Waals surface area contributed by atoms with Gasteiger partial charge in [-0.15, -0.1) is 0 Å². The molecular formula is C26H30O8. The highest BCUT2D eigenvalue weighted by Gasteiger charge is 2.27. The van der Waals surface area contributed by atoms with E-state index < -0.39 is 11.2 Å². The number of aromatic hydroxyl groups is 2. The van der Waals surface area contributed by atoms with Crippen LogP contribution in [-0.2, 0) is 6.61 Å². The summed E-state index contributed by atoms with van der Waals surface area (Å²) in [5, 5.41) is 29.2. The molecule has 2 aliphatic rings. The molecular weight excluding hydrogens is 440 g/mol. The molecule has 0 spiro atoms. The van der Waals surface area contributed by atoms with E-state index in [2.05, 4.69) is 0 Å². The van der Waals surface area contributed by atoms with Crippen molar-refractivity contribution in [3.8, 4) is 34.5 Å². The topological polar surface area (TPSA) is 115 Å². The van der Waals surface area contributed by atoms with E-state index in [4.69, 9.17) is 18.9 Å². The van der Waals surface area contributed by atoms with Crippen molar-refractivity contribution in [2.75, 3.05) is 14.2 Å². The van der Waals surface area contributed by atoms with Crippen LogP contribution in [-0.4, -0.2) is 47.0 Å². The van der Waals surface area contributed by atoms with Crippen molar-refractivity contribution in [3.05, 3.63) is 46.5 Å². The van der Waals surface area contributed by atoms with Gasteiger partial charge in [-0.1, -0.05) is 0 Å². The average Bonchev–Trinajstić information content (AvgIpc) is 2.77. The third kappa shape index (κ3) is 4.82. The zero-order valence-electron chi connectivity index (χ0n) is 20.1. The Morgan fingerprint density at radius 2 is 1.32 bits per heavy atom. The van der Waals surface area contributed by atoms with Crippen molar-refractivity contribution in [3.63, 3.8) is 0 Å². The van der Waals surface area contributed by atoms with Gasteiger partial charge in [-0.2, -0.15) is 0 Å². The van der Waals surface area contributed by atoms with Crippen LogP contribution in [0, 0.1) is 0 Å². The number of ether oxygens (including phenoxy) is 4. The lowest BCUT2D eigenvalue weighted by Gasteiger charge is -2.29. The number of methoxy groups -OCH3 is 2. The standard InChI is InChI=1S/C13H16O4.C13H14O4/c2*1-13(2)5-4-8-11(17-13)6-10(16-3)9(7-14)12(8)15/h4-6,14-15H,7H2,1-3H3;4-7,15H,1-3H3. The first-order valence-electron chi connectivity index (χ1n) is 10.7. The lowest BCUT2D eigenvalue weighted by atomic mass is 9.99. The molecule has 0 amide bonds. The lowest BCUT2D eigenvalue weighted by Crippen LogP contribution is -2.27. The lowest BCUT2D eigenvalue weighted by molar-refractivity contribution is 0.111. The van der Waals surface area contributed by atoms with Crippen molar-refractivity contribution < 1.29 is 39.1 Å². The Morgan fingerprint density at radius 1 is 0.853 bits per heavy atom. The van der Waals surface area contributed by atoms with Crippen molar-refractivity contribution in [2.45, 2.75) is 45.5 Å². The van der Waals surface area contributed by atoms with E-state index in [1.54, 1.807) is 24.3 Å². The summed E-state index contributed by atoms with van der Waals surface area (Å²) in [5.41, 5.74) is 0.748. The number of hydrogen-bond acceptors (Lipinski definition) is 8. The number of fused-ring (bicyclic) bond motifs is 2. The van der Waals surface area contributed by atoms with E-state index >= 15 is 0 Å². The fourth-order valence-electron chi connectivity index (χ4n) is 3.64. The summed E-state index contributed by atoms with van der Waals surface area (Å²) in [6.07, 6.45) is 7.81. The number of phenols is 2. The van der Waals surface area contributed by atoms with Crippen LogP contribution in [0.2, 0.25) is 0 Å². The molecule has 182 valence electrons. The molecule has 0 aromatic heterocycles. The molecule has 0 radical (unpaired) electrons. The van der Waals surface area contributed by atoms with Crippen molar-refractivity contribution in [1.29, 1.82) is 0 Å². The minimum atomic E-state index is -0.437. The van der Waals surface area contributed by atoms with Crippen molar-refractivity contribution in [2.24, 2.45) is 0 Å². The number of aliphatic hydroxyl groups excluding tert-OH is 1. The fraction of sp³-hybridized carbons (Fsp3) is 0.346. The van der Waals surface area contributed by atoms with Crippen LogP contribution in [0.4, 0.5) is 0 Å². The first kappa shape index (κ1) is 25.0. The largest absolute Gasteiger partial charge is 0.507 e. The van der Waals surface area contributed by atoms with Crippen molar-refractivity contribution in [1.82, 2.24) is 0 Å². The maximum atomic E-state index is 10.9. The SMILES string of the molecule is COc1cc2c(c(O)c1C=O)C=CC(C)(C)O2.COc1cc2c(c(O)c1CO)C=CC(C)(C)O2. The molecule has 0 saturated carbocycles. The Morgan fingerprint density at radius 3 is 1.76 bits per heavy atom. The van der Waals surface area contributed by atoms with Crippen molar-refractivity contribution >= 4 is 18.4 Å². The molecule has 34 heavy (non-hydrogen) atoms. The highest BCUT2D eigenvalue weighted by Crippen LogP contribution is 2.44. The number of hydrogen-bond donors (Lipinski definition) is 3.